The molecule has 2 atom stereocenters. The first-order chi connectivity index (χ1) is 6.11. The van der Waals surface area contributed by atoms with E-state index >= 15 is 0 Å². The number of likely N-dealkylation sites (N-methyl/N-ethyl adjacent to an activating group) is 1. The molecule has 0 aromatic heterocycles. The van der Waals surface area contributed by atoms with Crippen LogP contribution >= 0.6 is 0 Å². The Morgan fingerprint density at radius 3 is 2.77 bits per heavy atom. The van der Waals surface area contributed by atoms with Crippen molar-refractivity contribution >= 4 is 0 Å². The van der Waals surface area contributed by atoms with E-state index in [2.05, 4.69) is 38.0 Å². The number of hydrogen-bond acceptors (Lipinski definition) is 3. The summed E-state index contributed by atoms with van der Waals surface area (Å²) in [5, 5.41) is 3.49. The fraction of sp³-hybridized carbons (Fsp3) is 1.00. The van der Waals surface area contributed by atoms with Gasteiger partial charge in [0.1, 0.15) is 0 Å². The Balaban J connectivity index is 2.33. The highest BCUT2D eigenvalue weighted by Crippen LogP contribution is 2.06. The summed E-state index contributed by atoms with van der Waals surface area (Å²) in [6.45, 7) is 9.48. The Bertz CT molecular complexity index is 150. The molecule has 0 amide bonds. The van der Waals surface area contributed by atoms with E-state index in [0.29, 0.717) is 18.2 Å². The lowest BCUT2D eigenvalue weighted by atomic mass is 10.1. The molecule has 3 heteroatoms. The standard InChI is InChI=1S/C10H22N2O/c1-8(2)12(4)7-10-9(3)13-6-5-11-10/h8-11H,5-7H2,1-4H3. The lowest BCUT2D eigenvalue weighted by molar-refractivity contribution is -0.00219. The first kappa shape index (κ1) is 11.0. The average molecular weight is 186 g/mol. The molecule has 1 heterocycles. The van der Waals surface area contributed by atoms with Crippen LogP contribution in [0.15, 0.2) is 0 Å². The van der Waals surface area contributed by atoms with Gasteiger partial charge >= 0.3 is 0 Å². The van der Waals surface area contributed by atoms with Crippen LogP contribution in [0.25, 0.3) is 0 Å². The van der Waals surface area contributed by atoms with Gasteiger partial charge in [-0.05, 0) is 27.8 Å². The monoisotopic (exact) mass is 186 g/mol. The van der Waals surface area contributed by atoms with Crippen molar-refractivity contribution in [3.05, 3.63) is 0 Å². The minimum absolute atomic E-state index is 0.343. The SMILES string of the molecule is CC1OCCNC1CN(C)C(C)C. The Morgan fingerprint density at radius 2 is 2.23 bits per heavy atom. The summed E-state index contributed by atoms with van der Waals surface area (Å²) in [5.41, 5.74) is 0. The van der Waals surface area contributed by atoms with Gasteiger partial charge in [-0.2, -0.15) is 0 Å². The van der Waals surface area contributed by atoms with Gasteiger partial charge in [-0.25, -0.2) is 0 Å². The molecule has 0 bridgehead atoms. The van der Waals surface area contributed by atoms with Crippen molar-refractivity contribution < 1.29 is 4.74 Å². The normalized spacial score (nSPS) is 30.0. The van der Waals surface area contributed by atoms with Gasteiger partial charge in [0.15, 0.2) is 0 Å². The zero-order chi connectivity index (χ0) is 9.84. The van der Waals surface area contributed by atoms with E-state index in [9.17, 15) is 0 Å². The molecule has 1 saturated heterocycles. The Labute approximate surface area is 81.4 Å². The third-order valence-electron chi connectivity index (χ3n) is 2.82. The number of ether oxygens (including phenoxy) is 1. The number of morpholine rings is 1. The third-order valence-corrected chi connectivity index (χ3v) is 2.82. The molecule has 0 saturated carbocycles. The largest absolute Gasteiger partial charge is 0.376 e. The fourth-order valence-corrected chi connectivity index (χ4v) is 1.51. The van der Waals surface area contributed by atoms with Crippen molar-refractivity contribution in [2.24, 2.45) is 0 Å². The number of rotatable bonds is 3. The predicted molar refractivity (Wildman–Crippen MR) is 55.0 cm³/mol. The Morgan fingerprint density at radius 1 is 1.54 bits per heavy atom. The topological polar surface area (TPSA) is 24.5 Å². The molecule has 0 aromatic carbocycles. The summed E-state index contributed by atoms with van der Waals surface area (Å²) < 4.78 is 5.58. The number of nitrogens with one attached hydrogen (secondary N) is 1. The quantitative estimate of drug-likeness (QED) is 0.702. The van der Waals surface area contributed by atoms with E-state index in [1.807, 2.05) is 0 Å². The first-order valence-corrected chi connectivity index (χ1v) is 5.16. The van der Waals surface area contributed by atoms with Gasteiger partial charge in [0.25, 0.3) is 0 Å². The summed E-state index contributed by atoms with van der Waals surface area (Å²) in [5.74, 6) is 0. The minimum Gasteiger partial charge on any atom is -0.376 e. The van der Waals surface area contributed by atoms with Gasteiger partial charge in [0.2, 0.25) is 0 Å². The van der Waals surface area contributed by atoms with Gasteiger partial charge in [-0.3, -0.25) is 0 Å². The van der Waals surface area contributed by atoms with Gasteiger partial charge in [0, 0.05) is 25.2 Å². The smallest absolute Gasteiger partial charge is 0.0713 e. The van der Waals surface area contributed by atoms with E-state index in [0.717, 1.165) is 19.7 Å². The molecular formula is C10H22N2O. The molecule has 0 radical (unpaired) electrons. The highest BCUT2D eigenvalue weighted by Gasteiger charge is 2.22. The fourth-order valence-electron chi connectivity index (χ4n) is 1.51. The molecule has 2 unspecified atom stereocenters. The van der Waals surface area contributed by atoms with Crippen molar-refractivity contribution in [1.29, 1.82) is 0 Å². The van der Waals surface area contributed by atoms with Crippen LogP contribution in [0, 0.1) is 0 Å². The van der Waals surface area contributed by atoms with Crippen molar-refractivity contribution in [2.75, 3.05) is 26.7 Å². The number of nitrogens with zero attached hydrogens (tertiary/aromatic N) is 1. The molecule has 3 nitrogen and oxygen atoms in total. The minimum atomic E-state index is 0.343. The molecule has 1 N–H and O–H groups in total. The van der Waals surface area contributed by atoms with Crippen LogP contribution in [0.4, 0.5) is 0 Å². The van der Waals surface area contributed by atoms with Crippen LogP contribution in [-0.4, -0.2) is 49.8 Å². The van der Waals surface area contributed by atoms with Crippen LogP contribution in [0.5, 0.6) is 0 Å². The van der Waals surface area contributed by atoms with Crippen LogP contribution in [-0.2, 0) is 4.74 Å². The van der Waals surface area contributed by atoms with Crippen molar-refractivity contribution in [2.45, 2.75) is 39.0 Å². The van der Waals surface area contributed by atoms with Crippen LogP contribution in [0.3, 0.4) is 0 Å². The molecular weight excluding hydrogens is 164 g/mol. The van der Waals surface area contributed by atoms with E-state index in [-0.39, 0.29) is 0 Å². The van der Waals surface area contributed by atoms with Crippen molar-refractivity contribution in [1.82, 2.24) is 10.2 Å². The molecule has 13 heavy (non-hydrogen) atoms. The number of hydrogen-bond donors (Lipinski definition) is 1. The molecule has 1 aliphatic rings. The second-order valence-corrected chi connectivity index (χ2v) is 4.17. The maximum absolute atomic E-state index is 5.58. The van der Waals surface area contributed by atoms with Crippen LogP contribution in [0.2, 0.25) is 0 Å². The third kappa shape index (κ3) is 3.25. The zero-order valence-corrected chi connectivity index (χ0v) is 9.21. The van der Waals surface area contributed by atoms with Crippen LogP contribution < -0.4 is 5.32 Å². The lowest BCUT2D eigenvalue weighted by Gasteiger charge is -2.34. The maximum Gasteiger partial charge on any atom is 0.0713 e. The Kier molecular flexibility index (Phi) is 4.16. The highest BCUT2D eigenvalue weighted by atomic mass is 16.5. The van der Waals surface area contributed by atoms with Crippen LogP contribution in [0.1, 0.15) is 20.8 Å². The molecule has 1 rings (SSSR count). The summed E-state index contributed by atoms with van der Waals surface area (Å²) in [4.78, 5) is 2.35. The average Bonchev–Trinajstić information content (AvgIpc) is 2.08. The molecule has 78 valence electrons. The second kappa shape index (κ2) is 4.94. The van der Waals surface area contributed by atoms with Gasteiger partial charge < -0.3 is 15.0 Å². The summed E-state index contributed by atoms with van der Waals surface area (Å²) in [7, 11) is 2.16. The maximum atomic E-state index is 5.58. The van der Waals surface area contributed by atoms with Crippen molar-refractivity contribution in [3.8, 4) is 0 Å². The highest BCUT2D eigenvalue weighted by molar-refractivity contribution is 4.80. The van der Waals surface area contributed by atoms with Gasteiger partial charge in [0.05, 0.1) is 12.7 Å². The summed E-state index contributed by atoms with van der Waals surface area (Å²) in [6.07, 6.45) is 0.343. The van der Waals surface area contributed by atoms with E-state index < -0.39 is 0 Å². The van der Waals surface area contributed by atoms with Gasteiger partial charge in [-0.15, -0.1) is 0 Å². The summed E-state index contributed by atoms with van der Waals surface area (Å²) >= 11 is 0. The summed E-state index contributed by atoms with van der Waals surface area (Å²) in [6, 6.07) is 1.09. The van der Waals surface area contributed by atoms with E-state index in [1.54, 1.807) is 0 Å². The molecule has 0 aromatic rings. The lowest BCUT2D eigenvalue weighted by Crippen LogP contribution is -2.53. The molecule has 0 spiro atoms. The predicted octanol–water partition coefficient (Wildman–Crippen LogP) is 0.703. The molecule has 0 aliphatic carbocycles. The Hall–Kier alpha value is -0.120. The van der Waals surface area contributed by atoms with Crippen molar-refractivity contribution in [3.63, 3.8) is 0 Å². The van der Waals surface area contributed by atoms with Gasteiger partial charge in [-0.1, -0.05) is 0 Å². The zero-order valence-electron chi connectivity index (χ0n) is 9.21. The molecule has 1 fully saturated rings. The second-order valence-electron chi connectivity index (χ2n) is 4.17. The van der Waals surface area contributed by atoms with E-state index in [4.69, 9.17) is 4.74 Å². The first-order valence-electron chi connectivity index (χ1n) is 5.16. The molecule has 1 aliphatic heterocycles. The van der Waals surface area contributed by atoms with E-state index in [1.165, 1.54) is 0 Å².